The van der Waals surface area contributed by atoms with E-state index in [-0.39, 0.29) is 25.1 Å². The van der Waals surface area contributed by atoms with Crippen LogP contribution in [-0.2, 0) is 20.3 Å². The Balaban J connectivity index is 1.84. The quantitative estimate of drug-likeness (QED) is 0.896. The topological polar surface area (TPSA) is 75.7 Å². The average molecular weight is 352 g/mol. The number of ether oxygens (including phenoxy) is 1. The number of hydrogen-bond acceptors (Lipinski definition) is 4. The zero-order chi connectivity index (χ0) is 17.3. The van der Waals surface area contributed by atoms with Gasteiger partial charge in [0.05, 0.1) is 11.7 Å². The van der Waals surface area contributed by atoms with Gasteiger partial charge >= 0.3 is 6.09 Å². The fourth-order valence-electron chi connectivity index (χ4n) is 2.79. The minimum atomic E-state index is -1.04. The fraction of sp³-hybridized carbons (Fsp3) is 0.375. The van der Waals surface area contributed by atoms with Gasteiger partial charge in [-0.1, -0.05) is 0 Å². The number of cyclic esters (lactones) is 1. The van der Waals surface area contributed by atoms with Gasteiger partial charge in [-0.25, -0.2) is 9.18 Å². The summed E-state index contributed by atoms with van der Waals surface area (Å²) in [6.07, 6.45) is -0.00142. The lowest BCUT2D eigenvalue weighted by Gasteiger charge is -2.22. The summed E-state index contributed by atoms with van der Waals surface area (Å²) in [5, 5.41) is 4.21. The largest absolute Gasteiger partial charge is 0.447 e. The predicted molar refractivity (Wildman–Crippen MR) is 88.3 cm³/mol. The highest BCUT2D eigenvalue weighted by Crippen LogP contribution is 2.31. The Kier molecular flexibility index (Phi) is 4.66. The molecular formula is C16H17FN2O4S. The zero-order valence-electron chi connectivity index (χ0n) is 13.1. The molecule has 0 radical (unpaired) electrons. The molecule has 2 aliphatic heterocycles. The highest BCUT2D eigenvalue weighted by atomic mass is 32.2. The number of carbonyl (C=O) groups excluding carboxylic acids is 2. The van der Waals surface area contributed by atoms with Crippen molar-refractivity contribution in [2.75, 3.05) is 23.8 Å². The standard InChI is InChI=1S/C16H17FN2O4S/c1-10(20)18-7-13-8-23-16(21)19(13)12-2-3-14(15(17)6-12)11-4-5-24(22)9-11/h2-3,6,9,13H,4-5,7-8H2,1H3,(H,18,20)/t13?,24-/m0/s1. The van der Waals surface area contributed by atoms with Crippen molar-refractivity contribution in [3.63, 3.8) is 0 Å². The Labute approximate surface area is 141 Å². The number of nitrogens with zero attached hydrogens (tertiary/aromatic N) is 1. The van der Waals surface area contributed by atoms with Crippen molar-refractivity contribution in [1.29, 1.82) is 0 Å². The molecule has 0 aliphatic carbocycles. The van der Waals surface area contributed by atoms with Gasteiger partial charge in [0.25, 0.3) is 0 Å². The second-order valence-electron chi connectivity index (χ2n) is 5.68. The number of halogens is 1. The van der Waals surface area contributed by atoms with E-state index in [2.05, 4.69) is 5.32 Å². The predicted octanol–water partition coefficient (Wildman–Crippen LogP) is 1.78. The lowest BCUT2D eigenvalue weighted by Crippen LogP contribution is -2.42. The molecule has 8 heteroatoms. The summed E-state index contributed by atoms with van der Waals surface area (Å²) >= 11 is 0. The van der Waals surface area contributed by atoms with Crippen molar-refractivity contribution < 1.29 is 22.9 Å². The summed E-state index contributed by atoms with van der Waals surface area (Å²) in [5.41, 5.74) is 1.49. The number of nitrogens with one attached hydrogen (secondary N) is 1. The molecule has 1 fully saturated rings. The van der Waals surface area contributed by atoms with Crippen LogP contribution in [0.15, 0.2) is 23.6 Å². The van der Waals surface area contributed by atoms with E-state index in [1.165, 1.54) is 17.9 Å². The van der Waals surface area contributed by atoms with Crippen LogP contribution in [0.25, 0.3) is 5.57 Å². The van der Waals surface area contributed by atoms with Crippen LogP contribution in [0.2, 0.25) is 0 Å². The summed E-state index contributed by atoms with van der Waals surface area (Å²) in [6, 6.07) is 4.10. The number of anilines is 1. The monoisotopic (exact) mass is 352 g/mol. The molecule has 1 aromatic carbocycles. The van der Waals surface area contributed by atoms with E-state index >= 15 is 0 Å². The lowest BCUT2D eigenvalue weighted by atomic mass is 10.0. The van der Waals surface area contributed by atoms with Crippen molar-refractivity contribution in [2.24, 2.45) is 0 Å². The first kappa shape index (κ1) is 16.6. The van der Waals surface area contributed by atoms with Crippen LogP contribution in [0.4, 0.5) is 14.9 Å². The summed E-state index contributed by atoms with van der Waals surface area (Å²) in [4.78, 5) is 24.3. The molecule has 0 spiro atoms. The Bertz CT molecular complexity index is 750. The molecule has 0 aromatic heterocycles. The molecule has 128 valence electrons. The first-order chi connectivity index (χ1) is 11.5. The van der Waals surface area contributed by atoms with E-state index in [9.17, 15) is 18.2 Å². The van der Waals surface area contributed by atoms with E-state index in [0.29, 0.717) is 23.4 Å². The van der Waals surface area contributed by atoms with Gasteiger partial charge in [0.2, 0.25) is 5.91 Å². The Morgan fingerprint density at radius 1 is 1.50 bits per heavy atom. The molecule has 2 heterocycles. The lowest BCUT2D eigenvalue weighted by molar-refractivity contribution is -0.119. The minimum Gasteiger partial charge on any atom is -0.447 e. The molecule has 1 aromatic rings. The van der Waals surface area contributed by atoms with Crippen molar-refractivity contribution in [1.82, 2.24) is 5.32 Å². The van der Waals surface area contributed by atoms with Crippen LogP contribution in [-0.4, -0.2) is 41.2 Å². The van der Waals surface area contributed by atoms with Gasteiger partial charge in [-0.05, 0) is 30.2 Å². The molecule has 2 aliphatic rings. The zero-order valence-corrected chi connectivity index (χ0v) is 13.9. The number of carbonyl (C=O) groups is 2. The maximum absolute atomic E-state index is 14.5. The number of hydrogen-bond donors (Lipinski definition) is 1. The first-order valence-corrected chi connectivity index (χ1v) is 8.92. The normalized spacial score (nSPS) is 23.2. The van der Waals surface area contributed by atoms with Crippen molar-refractivity contribution in [3.05, 3.63) is 35.0 Å². The third-order valence-corrected chi connectivity index (χ3v) is 5.12. The van der Waals surface area contributed by atoms with Crippen LogP contribution >= 0.6 is 0 Å². The number of rotatable bonds is 4. The Morgan fingerprint density at radius 2 is 2.29 bits per heavy atom. The molecule has 2 amide bonds. The van der Waals surface area contributed by atoms with E-state index < -0.39 is 22.7 Å². The average Bonchev–Trinajstić information content (AvgIpc) is 3.11. The molecule has 0 bridgehead atoms. The second kappa shape index (κ2) is 6.72. The Hall–Kier alpha value is -2.22. The highest BCUT2D eigenvalue weighted by Gasteiger charge is 2.34. The molecular weight excluding hydrogens is 335 g/mol. The van der Waals surface area contributed by atoms with Crippen LogP contribution in [0, 0.1) is 5.82 Å². The summed E-state index contributed by atoms with van der Waals surface area (Å²) in [5.74, 6) is -0.180. The number of benzene rings is 1. The fourth-order valence-corrected chi connectivity index (χ4v) is 3.89. The van der Waals surface area contributed by atoms with Crippen LogP contribution in [0.3, 0.4) is 0 Å². The van der Waals surface area contributed by atoms with Crippen molar-refractivity contribution in [3.8, 4) is 0 Å². The van der Waals surface area contributed by atoms with Gasteiger partial charge in [-0.3, -0.25) is 13.9 Å². The number of amides is 2. The van der Waals surface area contributed by atoms with Crippen molar-refractivity contribution in [2.45, 2.75) is 19.4 Å². The third kappa shape index (κ3) is 3.33. The van der Waals surface area contributed by atoms with Crippen LogP contribution in [0.5, 0.6) is 0 Å². The van der Waals surface area contributed by atoms with Crippen LogP contribution in [0.1, 0.15) is 18.9 Å². The van der Waals surface area contributed by atoms with Gasteiger partial charge in [0.1, 0.15) is 12.4 Å². The van der Waals surface area contributed by atoms with Gasteiger partial charge in [0, 0.05) is 41.0 Å². The van der Waals surface area contributed by atoms with E-state index in [1.807, 2.05) is 0 Å². The summed E-state index contributed by atoms with van der Waals surface area (Å²) in [6.45, 7) is 1.75. The molecule has 3 rings (SSSR count). The van der Waals surface area contributed by atoms with Gasteiger partial charge < -0.3 is 10.1 Å². The third-order valence-electron chi connectivity index (χ3n) is 3.97. The maximum atomic E-state index is 14.5. The molecule has 1 unspecified atom stereocenters. The summed E-state index contributed by atoms with van der Waals surface area (Å²) < 4.78 is 30.9. The molecule has 1 N–H and O–H groups in total. The SMILES string of the molecule is CC(=O)NCC1COC(=O)N1c1ccc(C2=C[S@@](=O)CC2)c(F)c1. The minimum absolute atomic E-state index is 0.132. The molecule has 1 saturated heterocycles. The summed E-state index contributed by atoms with van der Waals surface area (Å²) in [7, 11) is -1.04. The molecule has 0 saturated carbocycles. The molecule has 2 atom stereocenters. The van der Waals surface area contributed by atoms with Gasteiger partial charge in [-0.2, -0.15) is 0 Å². The van der Waals surface area contributed by atoms with Gasteiger partial charge in [0.15, 0.2) is 0 Å². The Morgan fingerprint density at radius 3 is 2.92 bits per heavy atom. The van der Waals surface area contributed by atoms with E-state index in [1.54, 1.807) is 17.5 Å². The highest BCUT2D eigenvalue weighted by molar-refractivity contribution is 7.88. The van der Waals surface area contributed by atoms with Crippen molar-refractivity contribution >= 4 is 34.1 Å². The van der Waals surface area contributed by atoms with Crippen LogP contribution < -0.4 is 10.2 Å². The second-order valence-corrected chi connectivity index (χ2v) is 7.09. The maximum Gasteiger partial charge on any atom is 0.414 e. The van der Waals surface area contributed by atoms with E-state index in [0.717, 1.165) is 5.57 Å². The molecule has 24 heavy (non-hydrogen) atoms. The molecule has 6 nitrogen and oxygen atoms in total. The first-order valence-electron chi connectivity index (χ1n) is 7.54. The van der Waals surface area contributed by atoms with Gasteiger partial charge in [-0.15, -0.1) is 0 Å². The van der Waals surface area contributed by atoms with E-state index in [4.69, 9.17) is 4.74 Å². The smallest absolute Gasteiger partial charge is 0.414 e. The number of allylic oxidation sites excluding steroid dienone is 1.